The van der Waals surface area contributed by atoms with Crippen molar-refractivity contribution in [3.8, 4) is 0 Å². The van der Waals surface area contributed by atoms with Crippen LogP contribution in [-0.4, -0.2) is 68.4 Å². The van der Waals surface area contributed by atoms with E-state index in [9.17, 15) is 4.79 Å². The van der Waals surface area contributed by atoms with Gasteiger partial charge in [0.1, 0.15) is 6.29 Å². The number of rotatable bonds is 5. The Balaban J connectivity index is 1.63. The fourth-order valence-electron chi connectivity index (χ4n) is 3.31. The Morgan fingerprint density at radius 3 is 2.26 bits per heavy atom. The van der Waals surface area contributed by atoms with Gasteiger partial charge >= 0.3 is 0 Å². The van der Waals surface area contributed by atoms with Crippen LogP contribution in [0.1, 0.15) is 32.1 Å². The molecule has 2 rings (SSSR count). The van der Waals surface area contributed by atoms with E-state index in [1.807, 2.05) is 0 Å². The fourth-order valence-corrected chi connectivity index (χ4v) is 3.31. The molecule has 0 atom stereocenters. The third-order valence-corrected chi connectivity index (χ3v) is 4.54. The molecule has 0 saturated carbocycles. The number of piperidine rings is 1. The SMILES string of the molecule is O=CCN1CCCN(CCC2CCNCC2)CCC1. The summed E-state index contributed by atoms with van der Waals surface area (Å²) in [4.78, 5) is 15.5. The maximum atomic E-state index is 10.6. The van der Waals surface area contributed by atoms with E-state index in [4.69, 9.17) is 0 Å². The predicted molar refractivity (Wildman–Crippen MR) is 78.4 cm³/mol. The zero-order chi connectivity index (χ0) is 13.3. The number of carbonyl (C=O) groups excluding carboxylic acids is 1. The van der Waals surface area contributed by atoms with Gasteiger partial charge in [-0.15, -0.1) is 0 Å². The molecule has 2 fully saturated rings. The minimum atomic E-state index is 0.620. The van der Waals surface area contributed by atoms with Crippen LogP contribution < -0.4 is 5.32 Å². The standard InChI is InChI=1S/C15H29N3O/c19-14-13-18-10-1-8-17(9-2-11-18)12-5-15-3-6-16-7-4-15/h14-16H,1-13H2. The van der Waals surface area contributed by atoms with Crippen LogP contribution in [0.3, 0.4) is 0 Å². The lowest BCUT2D eigenvalue weighted by molar-refractivity contribution is -0.109. The molecular formula is C15H29N3O. The van der Waals surface area contributed by atoms with Gasteiger partial charge in [-0.1, -0.05) is 0 Å². The number of hydrogen-bond acceptors (Lipinski definition) is 4. The van der Waals surface area contributed by atoms with Crippen molar-refractivity contribution in [3.63, 3.8) is 0 Å². The summed E-state index contributed by atoms with van der Waals surface area (Å²) in [5.41, 5.74) is 0. The largest absolute Gasteiger partial charge is 0.317 e. The van der Waals surface area contributed by atoms with Crippen LogP contribution in [0, 0.1) is 5.92 Å². The highest BCUT2D eigenvalue weighted by Crippen LogP contribution is 2.17. The van der Waals surface area contributed by atoms with E-state index in [2.05, 4.69) is 15.1 Å². The van der Waals surface area contributed by atoms with Crippen LogP contribution >= 0.6 is 0 Å². The first-order valence-corrected chi connectivity index (χ1v) is 7.97. The van der Waals surface area contributed by atoms with Crippen molar-refractivity contribution in [1.29, 1.82) is 0 Å². The average molecular weight is 267 g/mol. The maximum Gasteiger partial charge on any atom is 0.133 e. The summed E-state index contributed by atoms with van der Waals surface area (Å²) in [6, 6.07) is 0. The Bertz CT molecular complexity index is 244. The molecule has 2 aliphatic rings. The molecule has 2 saturated heterocycles. The van der Waals surface area contributed by atoms with Crippen LogP contribution in [0.5, 0.6) is 0 Å². The Kier molecular flexibility index (Phi) is 6.82. The summed E-state index contributed by atoms with van der Waals surface area (Å²) in [6.07, 6.45) is 7.55. The molecule has 1 N–H and O–H groups in total. The van der Waals surface area contributed by atoms with Crippen molar-refractivity contribution in [2.45, 2.75) is 32.1 Å². The predicted octanol–water partition coefficient (Wildman–Crippen LogP) is 0.973. The molecule has 110 valence electrons. The van der Waals surface area contributed by atoms with Crippen LogP contribution in [0.2, 0.25) is 0 Å². The average Bonchev–Trinajstić information content (AvgIpc) is 2.42. The molecule has 2 heterocycles. The van der Waals surface area contributed by atoms with Crippen molar-refractivity contribution >= 4 is 6.29 Å². The zero-order valence-electron chi connectivity index (χ0n) is 12.1. The number of carbonyl (C=O) groups is 1. The Labute approximate surface area is 117 Å². The molecule has 4 heteroatoms. The zero-order valence-corrected chi connectivity index (χ0v) is 12.1. The quantitative estimate of drug-likeness (QED) is 0.753. The smallest absolute Gasteiger partial charge is 0.133 e. The van der Waals surface area contributed by atoms with Gasteiger partial charge in [-0.05, 0) is 83.8 Å². The molecule has 0 aromatic rings. The third kappa shape index (κ3) is 5.59. The maximum absolute atomic E-state index is 10.6. The fraction of sp³-hybridized carbons (Fsp3) is 0.933. The van der Waals surface area contributed by atoms with Crippen molar-refractivity contribution in [2.24, 2.45) is 5.92 Å². The van der Waals surface area contributed by atoms with E-state index >= 15 is 0 Å². The summed E-state index contributed by atoms with van der Waals surface area (Å²) in [7, 11) is 0. The van der Waals surface area contributed by atoms with Crippen LogP contribution in [-0.2, 0) is 4.79 Å². The minimum absolute atomic E-state index is 0.620. The van der Waals surface area contributed by atoms with Crippen molar-refractivity contribution in [1.82, 2.24) is 15.1 Å². The molecule has 0 bridgehead atoms. The number of nitrogens with zero attached hydrogens (tertiary/aromatic N) is 2. The summed E-state index contributed by atoms with van der Waals surface area (Å²) in [5.74, 6) is 0.943. The number of nitrogens with one attached hydrogen (secondary N) is 1. The molecule has 19 heavy (non-hydrogen) atoms. The van der Waals surface area contributed by atoms with Gasteiger partial charge in [0.25, 0.3) is 0 Å². The van der Waals surface area contributed by atoms with Gasteiger partial charge in [0.15, 0.2) is 0 Å². The summed E-state index contributed by atoms with van der Waals surface area (Å²) in [5, 5.41) is 3.44. The Hall–Kier alpha value is -0.450. The first kappa shape index (κ1) is 14.9. The van der Waals surface area contributed by atoms with Gasteiger partial charge < -0.3 is 15.0 Å². The molecule has 0 spiro atoms. The molecule has 0 amide bonds. The highest BCUT2D eigenvalue weighted by atomic mass is 16.1. The highest BCUT2D eigenvalue weighted by molar-refractivity contribution is 5.51. The van der Waals surface area contributed by atoms with E-state index in [1.165, 1.54) is 64.8 Å². The molecule has 2 aliphatic heterocycles. The van der Waals surface area contributed by atoms with Gasteiger partial charge in [-0.25, -0.2) is 0 Å². The second kappa shape index (κ2) is 8.67. The molecule has 0 unspecified atom stereocenters. The first-order chi connectivity index (χ1) is 9.38. The Morgan fingerprint density at radius 2 is 1.63 bits per heavy atom. The van der Waals surface area contributed by atoms with E-state index < -0.39 is 0 Å². The molecule has 0 aromatic heterocycles. The van der Waals surface area contributed by atoms with Gasteiger partial charge in [-0.3, -0.25) is 4.90 Å². The second-order valence-electron chi connectivity index (χ2n) is 6.00. The van der Waals surface area contributed by atoms with Gasteiger partial charge in [0, 0.05) is 0 Å². The van der Waals surface area contributed by atoms with Gasteiger partial charge in [-0.2, -0.15) is 0 Å². The molecule has 4 nitrogen and oxygen atoms in total. The van der Waals surface area contributed by atoms with Crippen molar-refractivity contribution in [3.05, 3.63) is 0 Å². The number of aldehydes is 1. The van der Waals surface area contributed by atoms with Crippen LogP contribution in [0.15, 0.2) is 0 Å². The molecule has 0 aliphatic carbocycles. The lowest BCUT2D eigenvalue weighted by atomic mass is 9.94. The van der Waals surface area contributed by atoms with Gasteiger partial charge in [0.2, 0.25) is 0 Å². The van der Waals surface area contributed by atoms with Crippen LogP contribution in [0.25, 0.3) is 0 Å². The topological polar surface area (TPSA) is 35.6 Å². The normalized spacial score (nSPS) is 24.8. The summed E-state index contributed by atoms with van der Waals surface area (Å²) >= 11 is 0. The molecule has 0 radical (unpaired) electrons. The summed E-state index contributed by atoms with van der Waals surface area (Å²) in [6.45, 7) is 8.91. The highest BCUT2D eigenvalue weighted by Gasteiger charge is 2.16. The molecule has 0 aromatic carbocycles. The Morgan fingerprint density at radius 1 is 1.00 bits per heavy atom. The van der Waals surface area contributed by atoms with Crippen molar-refractivity contribution < 1.29 is 4.79 Å². The van der Waals surface area contributed by atoms with Crippen molar-refractivity contribution in [2.75, 3.05) is 52.4 Å². The third-order valence-electron chi connectivity index (χ3n) is 4.54. The monoisotopic (exact) mass is 267 g/mol. The number of hydrogen-bond donors (Lipinski definition) is 1. The van der Waals surface area contributed by atoms with E-state index in [1.54, 1.807) is 0 Å². The first-order valence-electron chi connectivity index (χ1n) is 7.97. The lowest BCUT2D eigenvalue weighted by Gasteiger charge is -2.31. The minimum Gasteiger partial charge on any atom is -0.317 e. The van der Waals surface area contributed by atoms with E-state index in [0.717, 1.165) is 25.3 Å². The van der Waals surface area contributed by atoms with E-state index in [0.29, 0.717) is 6.54 Å². The van der Waals surface area contributed by atoms with E-state index in [-0.39, 0.29) is 0 Å². The van der Waals surface area contributed by atoms with Gasteiger partial charge in [0.05, 0.1) is 6.54 Å². The molecular weight excluding hydrogens is 238 g/mol. The summed E-state index contributed by atoms with van der Waals surface area (Å²) < 4.78 is 0. The lowest BCUT2D eigenvalue weighted by Crippen LogP contribution is -2.38. The van der Waals surface area contributed by atoms with Crippen LogP contribution in [0.4, 0.5) is 0 Å². The second-order valence-corrected chi connectivity index (χ2v) is 6.00.